The molecule has 0 radical (unpaired) electrons. The number of likely N-dealkylation sites (tertiary alicyclic amines) is 2. The van der Waals surface area contributed by atoms with Gasteiger partial charge in [-0.25, -0.2) is 9.48 Å². The molecular weight excluding hydrogens is 745 g/mol. The van der Waals surface area contributed by atoms with E-state index in [4.69, 9.17) is 27.9 Å². The number of urea groups is 1. The van der Waals surface area contributed by atoms with Crippen molar-refractivity contribution in [1.29, 1.82) is 0 Å². The number of aliphatic carboxylic acids is 1. The van der Waals surface area contributed by atoms with E-state index in [0.29, 0.717) is 66.3 Å². The van der Waals surface area contributed by atoms with Gasteiger partial charge in [0.1, 0.15) is 12.1 Å². The van der Waals surface area contributed by atoms with Crippen LogP contribution in [0, 0.1) is 0 Å². The summed E-state index contributed by atoms with van der Waals surface area (Å²) in [4.78, 5) is 47.1. The highest BCUT2D eigenvalue weighted by molar-refractivity contribution is 6.42. The zero-order chi connectivity index (χ0) is 38.6. The first-order chi connectivity index (χ1) is 26.6. The SMILES string of the molecule is COc1ccc(-n2cnnn2)cc1C(=O)N1CCC(CCN2CCC(NC(=O)N3CCN(CC(=O)O)CC3)(c3ccccc3)CC2)(c2ccc(Cl)c(Cl)c2)C1. The van der Waals surface area contributed by atoms with Crippen molar-refractivity contribution in [3.8, 4) is 11.4 Å². The number of hydrogen-bond donors (Lipinski definition) is 2. The summed E-state index contributed by atoms with van der Waals surface area (Å²) in [6.07, 6.45) is 4.45. The molecule has 2 N–H and O–H groups in total. The number of carbonyl (C=O) groups excluding carboxylic acids is 2. The van der Waals surface area contributed by atoms with Gasteiger partial charge in [-0.1, -0.05) is 59.6 Å². The molecule has 0 aliphatic carbocycles. The summed E-state index contributed by atoms with van der Waals surface area (Å²) in [5, 5.41) is 25.0. The predicted molar refractivity (Wildman–Crippen MR) is 207 cm³/mol. The molecule has 4 aromatic rings. The van der Waals surface area contributed by atoms with Crippen molar-refractivity contribution in [2.24, 2.45) is 0 Å². The lowest BCUT2D eigenvalue weighted by molar-refractivity contribution is -0.138. The van der Waals surface area contributed by atoms with Crippen LogP contribution in [0.1, 0.15) is 47.2 Å². The number of rotatable bonds is 11. The highest BCUT2D eigenvalue weighted by Gasteiger charge is 2.44. The maximum absolute atomic E-state index is 14.2. The monoisotopic (exact) mass is 789 g/mol. The van der Waals surface area contributed by atoms with Gasteiger partial charge in [0.05, 0.1) is 40.5 Å². The molecule has 1 atom stereocenters. The van der Waals surface area contributed by atoms with E-state index in [0.717, 1.165) is 56.4 Å². The number of carbonyl (C=O) groups is 3. The zero-order valence-electron chi connectivity index (χ0n) is 30.7. The number of methoxy groups -OCH3 is 1. The van der Waals surface area contributed by atoms with Crippen LogP contribution in [0.3, 0.4) is 0 Å². The number of nitrogens with one attached hydrogen (secondary N) is 1. The Balaban J connectivity index is 1.06. The van der Waals surface area contributed by atoms with Crippen LogP contribution in [-0.2, 0) is 15.7 Å². The Bertz CT molecular complexity index is 1990. The molecule has 3 amide bonds. The lowest BCUT2D eigenvalue weighted by atomic mass is 9.76. The number of piperazine rings is 1. The average Bonchev–Trinajstić information content (AvgIpc) is 3.91. The van der Waals surface area contributed by atoms with Crippen LogP contribution in [-0.4, -0.2) is 135 Å². The number of ether oxygens (including phenoxy) is 1. The molecule has 0 bridgehead atoms. The fraction of sp³-hybridized carbons (Fsp3) is 0.436. The first-order valence-corrected chi connectivity index (χ1v) is 19.3. The smallest absolute Gasteiger partial charge is 0.318 e. The third-order valence-electron chi connectivity index (χ3n) is 11.5. The number of benzene rings is 3. The minimum atomic E-state index is -0.862. The maximum Gasteiger partial charge on any atom is 0.318 e. The van der Waals surface area contributed by atoms with Crippen molar-refractivity contribution in [2.75, 3.05) is 72.6 Å². The lowest BCUT2D eigenvalue weighted by Gasteiger charge is -2.45. The van der Waals surface area contributed by atoms with Crippen molar-refractivity contribution in [3.63, 3.8) is 0 Å². The lowest BCUT2D eigenvalue weighted by Crippen LogP contribution is -2.59. The molecular formula is C39H45Cl2N9O5. The number of hydrogen-bond acceptors (Lipinski definition) is 9. The Morgan fingerprint density at radius 3 is 2.27 bits per heavy atom. The third-order valence-corrected chi connectivity index (χ3v) is 12.2. The highest BCUT2D eigenvalue weighted by Crippen LogP contribution is 2.42. The van der Waals surface area contributed by atoms with Crippen LogP contribution in [0.4, 0.5) is 4.79 Å². The molecule has 0 spiro atoms. The normalized spacial score (nSPS) is 20.3. The number of carboxylic acid groups (broad SMARTS) is 1. The molecule has 3 aromatic carbocycles. The molecule has 55 heavy (non-hydrogen) atoms. The minimum absolute atomic E-state index is 0.0223. The molecule has 3 saturated heterocycles. The summed E-state index contributed by atoms with van der Waals surface area (Å²) in [5.74, 6) is -0.533. The number of halogens is 2. The molecule has 16 heteroatoms. The number of piperidine rings is 1. The standard InChI is InChI=1S/C39H45Cl2N9O5/c1-55-34-10-8-30(50-27-42-44-45-50)24-31(34)36(53)49-18-12-38(26-49,29-7-9-32(40)33(41)23-29)11-15-46-16-13-39(14-17-46,28-5-3-2-4-6-28)43-37(54)48-21-19-47(20-22-48)25-35(51)52/h2-10,23-24,27H,11-22,25-26H2,1H3,(H,43,54)(H,51,52). The fourth-order valence-corrected chi connectivity index (χ4v) is 8.57. The number of carboxylic acids is 1. The van der Waals surface area contributed by atoms with Gasteiger partial charge in [-0.3, -0.25) is 14.5 Å². The van der Waals surface area contributed by atoms with Gasteiger partial charge in [0.2, 0.25) is 0 Å². The van der Waals surface area contributed by atoms with E-state index in [-0.39, 0.29) is 23.9 Å². The van der Waals surface area contributed by atoms with Gasteiger partial charge in [-0.2, -0.15) is 0 Å². The summed E-state index contributed by atoms with van der Waals surface area (Å²) < 4.78 is 7.12. The van der Waals surface area contributed by atoms with Gasteiger partial charge >= 0.3 is 12.0 Å². The number of nitrogens with zero attached hydrogens (tertiary/aromatic N) is 8. The molecule has 14 nitrogen and oxygen atoms in total. The van der Waals surface area contributed by atoms with Gasteiger partial charge < -0.3 is 29.9 Å². The van der Waals surface area contributed by atoms with Crippen LogP contribution in [0.15, 0.2) is 73.1 Å². The van der Waals surface area contributed by atoms with Gasteiger partial charge in [0.15, 0.2) is 0 Å². The molecule has 4 heterocycles. The molecule has 1 unspecified atom stereocenters. The summed E-state index contributed by atoms with van der Waals surface area (Å²) in [6.45, 7) is 5.33. The van der Waals surface area contributed by atoms with E-state index in [2.05, 4.69) is 37.9 Å². The van der Waals surface area contributed by atoms with E-state index in [1.807, 2.05) is 46.2 Å². The molecule has 3 aliphatic rings. The number of aromatic nitrogens is 4. The summed E-state index contributed by atoms with van der Waals surface area (Å²) in [7, 11) is 1.55. The van der Waals surface area contributed by atoms with E-state index in [9.17, 15) is 19.5 Å². The van der Waals surface area contributed by atoms with E-state index in [1.165, 1.54) is 11.0 Å². The van der Waals surface area contributed by atoms with Crippen LogP contribution < -0.4 is 10.1 Å². The number of tetrazole rings is 1. The summed E-state index contributed by atoms with van der Waals surface area (Å²) in [5.41, 5.74) is 2.27. The molecule has 0 saturated carbocycles. The van der Waals surface area contributed by atoms with Crippen molar-refractivity contribution in [2.45, 2.75) is 36.6 Å². The second kappa shape index (κ2) is 16.5. The van der Waals surface area contributed by atoms with Crippen LogP contribution in [0.5, 0.6) is 5.75 Å². The molecule has 7 rings (SSSR count). The van der Waals surface area contributed by atoms with E-state index in [1.54, 1.807) is 30.2 Å². The number of amides is 3. The van der Waals surface area contributed by atoms with Gasteiger partial charge in [0, 0.05) is 57.8 Å². The van der Waals surface area contributed by atoms with Crippen LogP contribution >= 0.6 is 23.2 Å². The molecule has 3 fully saturated rings. The maximum atomic E-state index is 14.2. The van der Waals surface area contributed by atoms with Crippen molar-refractivity contribution < 1.29 is 24.2 Å². The average molecular weight is 791 g/mol. The Morgan fingerprint density at radius 1 is 0.836 bits per heavy atom. The summed E-state index contributed by atoms with van der Waals surface area (Å²) >= 11 is 13.0. The Morgan fingerprint density at radius 2 is 1.60 bits per heavy atom. The van der Waals surface area contributed by atoms with E-state index >= 15 is 0 Å². The second-order valence-electron chi connectivity index (χ2n) is 14.7. The zero-order valence-corrected chi connectivity index (χ0v) is 32.3. The predicted octanol–water partition coefficient (Wildman–Crippen LogP) is 4.55. The van der Waals surface area contributed by atoms with Crippen molar-refractivity contribution in [3.05, 3.63) is 99.8 Å². The summed E-state index contributed by atoms with van der Waals surface area (Å²) in [6, 6.07) is 21.1. The third kappa shape index (κ3) is 8.42. The largest absolute Gasteiger partial charge is 0.496 e. The van der Waals surface area contributed by atoms with Crippen LogP contribution in [0.2, 0.25) is 10.0 Å². The van der Waals surface area contributed by atoms with Crippen LogP contribution in [0.25, 0.3) is 5.69 Å². The second-order valence-corrected chi connectivity index (χ2v) is 15.5. The van der Waals surface area contributed by atoms with Crippen molar-refractivity contribution >= 4 is 41.1 Å². The first kappa shape index (κ1) is 38.5. The van der Waals surface area contributed by atoms with Gasteiger partial charge in [0.25, 0.3) is 5.91 Å². The van der Waals surface area contributed by atoms with E-state index < -0.39 is 11.5 Å². The van der Waals surface area contributed by atoms with Gasteiger partial charge in [-0.05, 0) is 84.1 Å². The van der Waals surface area contributed by atoms with Crippen molar-refractivity contribution in [1.82, 2.24) is 45.1 Å². The topological polar surface area (TPSA) is 149 Å². The Labute approximate surface area is 329 Å². The molecule has 290 valence electrons. The molecule has 3 aliphatic heterocycles. The minimum Gasteiger partial charge on any atom is -0.496 e. The Hall–Kier alpha value is -4.76. The quantitative estimate of drug-likeness (QED) is 0.222. The fourth-order valence-electron chi connectivity index (χ4n) is 8.27. The van der Waals surface area contributed by atoms with Gasteiger partial charge in [-0.15, -0.1) is 5.10 Å². The molecule has 1 aromatic heterocycles. The highest BCUT2D eigenvalue weighted by atomic mass is 35.5. The Kier molecular flexibility index (Phi) is 11.6. The first-order valence-electron chi connectivity index (χ1n) is 18.5.